The van der Waals surface area contributed by atoms with E-state index in [9.17, 15) is 21.6 Å². The van der Waals surface area contributed by atoms with Gasteiger partial charge in [0.05, 0.1) is 0 Å². The topological polar surface area (TPSA) is 43.4 Å². The van der Waals surface area contributed by atoms with Crippen molar-refractivity contribution in [1.29, 1.82) is 0 Å². The van der Waals surface area contributed by atoms with Gasteiger partial charge >= 0.3 is 15.6 Å². The molecule has 0 aromatic heterocycles. The second-order valence-electron chi connectivity index (χ2n) is 1.37. The summed E-state index contributed by atoms with van der Waals surface area (Å²) in [6.45, 7) is -0.915. The summed E-state index contributed by atoms with van der Waals surface area (Å²) in [5.74, 6) is 1.59. The average molecular weight is 188 g/mol. The molecule has 0 aliphatic rings. The predicted octanol–water partition coefficient (Wildman–Crippen LogP) is 0.486. The van der Waals surface area contributed by atoms with Crippen LogP contribution in [0.4, 0.5) is 13.2 Å². The van der Waals surface area contributed by atoms with E-state index < -0.39 is 22.2 Å². The summed E-state index contributed by atoms with van der Waals surface area (Å²) in [4.78, 5) is 0. The minimum absolute atomic E-state index is 0.915. The first kappa shape index (κ1) is 10.3. The Kier molecular flexibility index (Phi) is 2.90. The zero-order valence-electron chi connectivity index (χ0n) is 5.05. The van der Waals surface area contributed by atoms with Crippen LogP contribution in [0.15, 0.2) is 0 Å². The molecule has 0 aliphatic heterocycles. The summed E-state index contributed by atoms with van der Waals surface area (Å²) in [7, 11) is -5.50. The molecule has 0 amide bonds. The van der Waals surface area contributed by atoms with Crippen molar-refractivity contribution in [2.24, 2.45) is 0 Å². The molecule has 0 aliphatic carbocycles. The third-order valence-corrected chi connectivity index (χ3v) is 1.58. The fraction of sp³-hybridized carbons (Fsp3) is 0.500. The Morgan fingerprint density at radius 2 is 1.91 bits per heavy atom. The standard InChI is InChI=1S/C4H3F3O3S/c1-2-3-10-11(8,9)4(5,6)7/h1H,3H2. The van der Waals surface area contributed by atoms with E-state index in [1.165, 1.54) is 0 Å². The molecule has 0 rings (SSSR count). The lowest BCUT2D eigenvalue weighted by Gasteiger charge is -2.04. The predicted molar refractivity (Wildman–Crippen MR) is 29.8 cm³/mol. The van der Waals surface area contributed by atoms with E-state index in [-0.39, 0.29) is 0 Å². The molecule has 0 heterocycles. The maximum Gasteiger partial charge on any atom is 0.523 e. The number of rotatable bonds is 2. The largest absolute Gasteiger partial charge is 0.523 e. The van der Waals surface area contributed by atoms with Gasteiger partial charge in [0, 0.05) is 0 Å². The first-order valence-electron chi connectivity index (χ1n) is 2.20. The molecular weight excluding hydrogens is 185 g/mol. The molecule has 0 fully saturated rings. The Hall–Kier alpha value is -0.740. The van der Waals surface area contributed by atoms with Crippen molar-refractivity contribution in [2.75, 3.05) is 6.61 Å². The normalized spacial score (nSPS) is 12.5. The lowest BCUT2D eigenvalue weighted by molar-refractivity contribution is -0.0534. The summed E-state index contributed by atoms with van der Waals surface area (Å²) in [5.41, 5.74) is -5.40. The fourth-order valence-corrected chi connectivity index (χ4v) is 0.535. The molecular formula is C4H3F3O3S. The van der Waals surface area contributed by atoms with Crippen molar-refractivity contribution in [2.45, 2.75) is 5.51 Å². The first-order chi connectivity index (χ1) is 4.81. The van der Waals surface area contributed by atoms with Crippen LogP contribution in [0.25, 0.3) is 0 Å². The Morgan fingerprint density at radius 1 is 1.45 bits per heavy atom. The van der Waals surface area contributed by atoms with Crippen LogP contribution in [0.2, 0.25) is 0 Å². The SMILES string of the molecule is C#CCOS(=O)(=O)C(F)(F)F. The van der Waals surface area contributed by atoms with Gasteiger partial charge < -0.3 is 0 Å². The zero-order valence-corrected chi connectivity index (χ0v) is 5.87. The van der Waals surface area contributed by atoms with Crippen LogP contribution >= 0.6 is 0 Å². The van der Waals surface area contributed by atoms with Gasteiger partial charge in [-0.15, -0.1) is 6.42 Å². The maximum atomic E-state index is 11.4. The Bertz CT molecular complexity index is 257. The molecule has 0 bridgehead atoms. The molecule has 0 aromatic carbocycles. The molecule has 0 unspecified atom stereocenters. The number of halogens is 3. The van der Waals surface area contributed by atoms with Crippen molar-refractivity contribution in [3.05, 3.63) is 0 Å². The van der Waals surface area contributed by atoms with Crippen molar-refractivity contribution in [3.63, 3.8) is 0 Å². The van der Waals surface area contributed by atoms with Crippen LogP contribution in [-0.4, -0.2) is 20.5 Å². The van der Waals surface area contributed by atoms with E-state index in [1.807, 2.05) is 0 Å². The quantitative estimate of drug-likeness (QED) is 0.359. The highest BCUT2D eigenvalue weighted by Gasteiger charge is 2.47. The third-order valence-electron chi connectivity index (χ3n) is 0.581. The van der Waals surface area contributed by atoms with Gasteiger partial charge in [-0.1, -0.05) is 5.92 Å². The highest BCUT2D eigenvalue weighted by atomic mass is 32.2. The van der Waals surface area contributed by atoms with Crippen molar-refractivity contribution in [1.82, 2.24) is 0 Å². The van der Waals surface area contributed by atoms with E-state index in [4.69, 9.17) is 0 Å². The smallest absolute Gasteiger partial charge is 0.250 e. The number of terminal acetylenes is 1. The van der Waals surface area contributed by atoms with E-state index >= 15 is 0 Å². The molecule has 0 spiro atoms. The lowest BCUT2D eigenvalue weighted by atomic mass is 10.8. The zero-order chi connectivity index (χ0) is 9.12. The van der Waals surface area contributed by atoms with Gasteiger partial charge in [-0.25, -0.2) is 0 Å². The summed E-state index contributed by atoms with van der Waals surface area (Å²) < 4.78 is 57.4. The number of alkyl halides is 3. The van der Waals surface area contributed by atoms with E-state index in [2.05, 4.69) is 10.6 Å². The molecule has 3 nitrogen and oxygen atoms in total. The summed E-state index contributed by atoms with van der Waals surface area (Å²) in [6, 6.07) is 0. The minimum atomic E-state index is -5.50. The molecule has 0 saturated carbocycles. The van der Waals surface area contributed by atoms with Crippen LogP contribution in [-0.2, 0) is 14.3 Å². The van der Waals surface area contributed by atoms with Gasteiger partial charge in [0.25, 0.3) is 0 Å². The van der Waals surface area contributed by atoms with Crippen molar-refractivity contribution in [3.8, 4) is 12.3 Å². The lowest BCUT2D eigenvalue weighted by Crippen LogP contribution is -2.25. The Balaban J connectivity index is 4.41. The van der Waals surface area contributed by atoms with Gasteiger partial charge in [0.15, 0.2) is 0 Å². The van der Waals surface area contributed by atoms with E-state index in [0.717, 1.165) is 0 Å². The second-order valence-corrected chi connectivity index (χ2v) is 2.97. The van der Waals surface area contributed by atoms with Crippen molar-refractivity contribution < 1.29 is 25.8 Å². The molecule has 64 valence electrons. The molecule has 0 atom stereocenters. The molecule has 0 N–H and O–H groups in total. The number of hydrogen-bond donors (Lipinski definition) is 0. The maximum absolute atomic E-state index is 11.4. The monoisotopic (exact) mass is 188 g/mol. The Morgan fingerprint density at radius 3 is 2.18 bits per heavy atom. The van der Waals surface area contributed by atoms with Gasteiger partial charge in [0.1, 0.15) is 6.61 Å². The highest BCUT2D eigenvalue weighted by Crippen LogP contribution is 2.24. The molecule has 11 heavy (non-hydrogen) atoms. The summed E-state index contributed by atoms with van der Waals surface area (Å²) in [6.07, 6.45) is 4.47. The van der Waals surface area contributed by atoms with E-state index in [0.29, 0.717) is 0 Å². The fourth-order valence-electron chi connectivity index (χ4n) is 0.178. The summed E-state index contributed by atoms with van der Waals surface area (Å²) in [5, 5.41) is 0. The molecule has 0 radical (unpaired) electrons. The van der Waals surface area contributed by atoms with Gasteiger partial charge in [-0.3, -0.25) is 4.18 Å². The van der Waals surface area contributed by atoms with Crippen molar-refractivity contribution >= 4 is 10.1 Å². The summed E-state index contributed by atoms with van der Waals surface area (Å²) >= 11 is 0. The number of hydrogen-bond acceptors (Lipinski definition) is 3. The van der Waals surface area contributed by atoms with Gasteiger partial charge in [0.2, 0.25) is 0 Å². The van der Waals surface area contributed by atoms with Crippen LogP contribution in [0, 0.1) is 12.3 Å². The minimum Gasteiger partial charge on any atom is -0.250 e. The Labute approximate surface area is 61.3 Å². The molecule has 0 saturated heterocycles. The van der Waals surface area contributed by atoms with Crippen LogP contribution in [0.5, 0.6) is 0 Å². The third kappa shape index (κ3) is 2.78. The van der Waals surface area contributed by atoms with Crippen LogP contribution in [0.1, 0.15) is 0 Å². The molecule has 0 aromatic rings. The van der Waals surface area contributed by atoms with E-state index in [1.54, 1.807) is 5.92 Å². The highest BCUT2D eigenvalue weighted by molar-refractivity contribution is 7.87. The van der Waals surface area contributed by atoms with Gasteiger partial charge in [-0.05, 0) is 0 Å². The first-order valence-corrected chi connectivity index (χ1v) is 3.61. The van der Waals surface area contributed by atoms with Crippen LogP contribution < -0.4 is 0 Å². The molecule has 7 heteroatoms. The van der Waals surface area contributed by atoms with Gasteiger partial charge in [-0.2, -0.15) is 21.6 Å². The average Bonchev–Trinajstić information content (AvgIpc) is 1.81. The second kappa shape index (κ2) is 3.11. The van der Waals surface area contributed by atoms with Crippen LogP contribution in [0.3, 0.4) is 0 Å².